The van der Waals surface area contributed by atoms with Crippen LogP contribution in [0.15, 0.2) is 12.3 Å². The lowest BCUT2D eigenvalue weighted by atomic mass is 10.00. The summed E-state index contributed by atoms with van der Waals surface area (Å²) in [5.41, 5.74) is 0.439. The van der Waals surface area contributed by atoms with Crippen LogP contribution in [0, 0.1) is 5.92 Å². The van der Waals surface area contributed by atoms with Gasteiger partial charge in [0, 0.05) is 62.6 Å². The van der Waals surface area contributed by atoms with Gasteiger partial charge in [-0.2, -0.15) is 13.2 Å². The van der Waals surface area contributed by atoms with Crippen molar-refractivity contribution in [2.24, 2.45) is 5.92 Å². The first kappa shape index (κ1) is 27.6. The average Bonchev–Trinajstić information content (AvgIpc) is 3.28. The van der Waals surface area contributed by atoms with Crippen LogP contribution in [0.2, 0.25) is 0 Å². The van der Waals surface area contributed by atoms with E-state index in [1.165, 1.54) is 6.42 Å². The number of halogens is 3. The van der Waals surface area contributed by atoms with Gasteiger partial charge in [-0.25, -0.2) is 0 Å². The molecule has 4 rings (SSSR count). The lowest BCUT2D eigenvalue weighted by molar-refractivity contribution is -0.137. The van der Waals surface area contributed by atoms with E-state index >= 15 is 0 Å². The van der Waals surface area contributed by atoms with Crippen LogP contribution < -0.4 is 5.32 Å². The van der Waals surface area contributed by atoms with E-state index in [0.29, 0.717) is 36.3 Å². The predicted molar refractivity (Wildman–Crippen MR) is 124 cm³/mol. The molecule has 2 aliphatic heterocycles. The number of pyridine rings is 1. The van der Waals surface area contributed by atoms with Crippen molar-refractivity contribution < 1.29 is 22.7 Å². The molecule has 1 unspecified atom stereocenters. The Labute approximate surface area is 196 Å². The zero-order valence-electron chi connectivity index (χ0n) is 20.5. The number of rotatable bonds is 3. The van der Waals surface area contributed by atoms with Gasteiger partial charge in [-0.15, -0.1) is 0 Å². The summed E-state index contributed by atoms with van der Waals surface area (Å²) in [6.07, 6.45) is 2.86. The van der Waals surface area contributed by atoms with Crippen molar-refractivity contribution in [2.45, 2.75) is 97.4 Å². The van der Waals surface area contributed by atoms with Gasteiger partial charge in [0.2, 0.25) is 5.91 Å². The first-order chi connectivity index (χ1) is 15.8. The van der Waals surface area contributed by atoms with Crippen molar-refractivity contribution >= 4 is 5.91 Å². The van der Waals surface area contributed by atoms with E-state index in [1.54, 1.807) is 4.90 Å². The van der Waals surface area contributed by atoms with E-state index in [0.717, 1.165) is 57.6 Å². The van der Waals surface area contributed by atoms with E-state index < -0.39 is 11.7 Å². The summed E-state index contributed by atoms with van der Waals surface area (Å²) in [5.74, 6) is 0.0250. The van der Waals surface area contributed by atoms with Crippen molar-refractivity contribution in [3.63, 3.8) is 0 Å². The normalized spacial score (nSPS) is 23.1. The highest BCUT2D eigenvalue weighted by atomic mass is 19.4. The molecule has 1 aromatic rings. The van der Waals surface area contributed by atoms with Gasteiger partial charge >= 0.3 is 6.18 Å². The van der Waals surface area contributed by atoms with E-state index in [9.17, 15) is 18.0 Å². The van der Waals surface area contributed by atoms with E-state index in [1.807, 2.05) is 13.8 Å². The Morgan fingerprint density at radius 2 is 1.82 bits per heavy atom. The fourth-order valence-electron chi connectivity index (χ4n) is 4.58. The molecule has 1 aliphatic carbocycles. The Balaban J connectivity index is 0.000000714. The molecule has 0 spiro atoms. The fourth-order valence-corrected chi connectivity index (χ4v) is 4.58. The summed E-state index contributed by atoms with van der Waals surface area (Å²) in [7, 11) is 0. The molecule has 1 saturated heterocycles. The molecular weight excluding hydrogens is 431 g/mol. The Morgan fingerprint density at radius 1 is 1.15 bits per heavy atom. The molecule has 1 amide bonds. The standard InChI is InChI=1S/C20H26F3N3O2.C3H8.C2H6/c21-20(22,23)15-9-14-12-26(6-3-18(14)24-11-15)19(27)13-1-2-17(10-13)25-16-4-7-28-8-5-16;1-3-2;1-2/h9,11,13,16-17,25H,1-8,10,12H2;3H2,1-2H3;1-2H3/t13?,17-;;/m1../s1. The van der Waals surface area contributed by atoms with E-state index in [2.05, 4.69) is 24.1 Å². The van der Waals surface area contributed by atoms with Crippen LogP contribution in [-0.2, 0) is 28.7 Å². The highest BCUT2D eigenvalue weighted by Crippen LogP contribution is 2.33. The number of carbonyl (C=O) groups is 1. The summed E-state index contributed by atoms with van der Waals surface area (Å²) >= 11 is 0. The molecule has 5 nitrogen and oxygen atoms in total. The molecule has 2 fully saturated rings. The van der Waals surface area contributed by atoms with Crippen LogP contribution in [0.4, 0.5) is 13.2 Å². The minimum absolute atomic E-state index is 0.0438. The number of carbonyl (C=O) groups excluding carboxylic acids is 1. The third-order valence-corrected chi connectivity index (χ3v) is 6.15. The van der Waals surface area contributed by atoms with Crippen LogP contribution in [-0.4, -0.2) is 47.6 Å². The van der Waals surface area contributed by atoms with Crippen LogP contribution in [0.5, 0.6) is 0 Å². The number of nitrogens with zero attached hydrogens (tertiary/aromatic N) is 2. The molecule has 8 heteroatoms. The number of hydrogen-bond donors (Lipinski definition) is 1. The lowest BCUT2D eigenvalue weighted by Crippen LogP contribution is -2.42. The van der Waals surface area contributed by atoms with Crippen LogP contribution in [0.1, 0.15) is 83.0 Å². The first-order valence-corrected chi connectivity index (χ1v) is 12.5. The van der Waals surface area contributed by atoms with E-state index in [-0.39, 0.29) is 18.4 Å². The second-order valence-electron chi connectivity index (χ2n) is 8.80. The van der Waals surface area contributed by atoms with Crippen molar-refractivity contribution in [1.29, 1.82) is 0 Å². The molecule has 1 N–H and O–H groups in total. The zero-order chi connectivity index (χ0) is 24.4. The maximum absolute atomic E-state index is 13.0. The van der Waals surface area contributed by atoms with E-state index in [4.69, 9.17) is 4.74 Å². The Bertz CT molecular complexity index is 736. The highest BCUT2D eigenvalue weighted by molar-refractivity contribution is 5.79. The third kappa shape index (κ3) is 7.95. The summed E-state index contributed by atoms with van der Waals surface area (Å²) in [4.78, 5) is 18.7. The Kier molecular flexibility index (Phi) is 11.1. The predicted octanol–water partition coefficient (Wildman–Crippen LogP) is 5.36. The maximum Gasteiger partial charge on any atom is 0.417 e. The number of fused-ring (bicyclic) bond motifs is 1. The first-order valence-electron chi connectivity index (χ1n) is 12.5. The second kappa shape index (κ2) is 13.3. The second-order valence-corrected chi connectivity index (χ2v) is 8.80. The Hall–Kier alpha value is -1.67. The van der Waals surface area contributed by atoms with Gasteiger partial charge in [0.1, 0.15) is 0 Å². The number of alkyl halides is 3. The summed E-state index contributed by atoms with van der Waals surface area (Å²) in [6, 6.07) is 1.94. The Morgan fingerprint density at radius 3 is 2.45 bits per heavy atom. The summed E-state index contributed by atoms with van der Waals surface area (Å²) < 4.78 is 44.3. The van der Waals surface area contributed by atoms with Gasteiger partial charge in [0.05, 0.1) is 5.56 Å². The maximum atomic E-state index is 13.0. The number of nitrogens with one attached hydrogen (secondary N) is 1. The van der Waals surface area contributed by atoms with Gasteiger partial charge < -0.3 is 15.0 Å². The van der Waals surface area contributed by atoms with Crippen molar-refractivity contribution in [3.05, 3.63) is 29.1 Å². The molecule has 33 heavy (non-hydrogen) atoms. The largest absolute Gasteiger partial charge is 0.417 e. The molecule has 188 valence electrons. The third-order valence-electron chi connectivity index (χ3n) is 6.15. The zero-order valence-corrected chi connectivity index (χ0v) is 20.5. The van der Waals surface area contributed by atoms with Gasteiger partial charge in [0.15, 0.2) is 0 Å². The lowest BCUT2D eigenvalue weighted by Gasteiger charge is -2.31. The van der Waals surface area contributed by atoms with Crippen molar-refractivity contribution in [3.8, 4) is 0 Å². The quantitative estimate of drug-likeness (QED) is 0.644. The fraction of sp³-hybridized carbons (Fsp3) is 0.760. The van der Waals surface area contributed by atoms with Gasteiger partial charge in [0.25, 0.3) is 0 Å². The molecular formula is C25H40F3N3O2. The molecule has 0 bridgehead atoms. The summed E-state index contributed by atoms with van der Waals surface area (Å²) in [6.45, 7) is 10.6. The monoisotopic (exact) mass is 471 g/mol. The minimum Gasteiger partial charge on any atom is -0.381 e. The van der Waals surface area contributed by atoms with Crippen LogP contribution in [0.25, 0.3) is 0 Å². The number of ether oxygens (including phenoxy) is 1. The SMILES string of the molecule is CC.CCC.O=C(C1CC[C@@H](NC2CCOCC2)C1)N1CCc2ncc(C(F)(F)F)cc2C1. The summed E-state index contributed by atoms with van der Waals surface area (Å²) in [5, 5.41) is 3.66. The molecule has 0 aromatic carbocycles. The van der Waals surface area contributed by atoms with Crippen LogP contribution in [0.3, 0.4) is 0 Å². The number of hydrogen-bond acceptors (Lipinski definition) is 4. The van der Waals surface area contributed by atoms with Crippen LogP contribution >= 0.6 is 0 Å². The molecule has 1 aromatic heterocycles. The average molecular weight is 472 g/mol. The van der Waals surface area contributed by atoms with Gasteiger partial charge in [-0.3, -0.25) is 9.78 Å². The number of aromatic nitrogens is 1. The molecule has 2 atom stereocenters. The number of amides is 1. The van der Waals surface area contributed by atoms with Crippen molar-refractivity contribution in [2.75, 3.05) is 19.8 Å². The topological polar surface area (TPSA) is 54.5 Å². The molecule has 0 radical (unpaired) electrons. The van der Waals surface area contributed by atoms with Gasteiger partial charge in [-0.05, 0) is 43.7 Å². The van der Waals surface area contributed by atoms with Crippen molar-refractivity contribution in [1.82, 2.24) is 15.2 Å². The smallest absolute Gasteiger partial charge is 0.381 e. The van der Waals surface area contributed by atoms with Gasteiger partial charge in [-0.1, -0.05) is 34.1 Å². The molecule has 3 heterocycles. The molecule has 1 saturated carbocycles. The highest BCUT2D eigenvalue weighted by Gasteiger charge is 2.36. The molecule has 3 aliphatic rings. The minimum atomic E-state index is -4.41.